The highest BCUT2D eigenvalue weighted by atomic mass is 35.5. The summed E-state index contributed by atoms with van der Waals surface area (Å²) < 4.78 is 31.9. The van der Waals surface area contributed by atoms with Crippen LogP contribution in [0, 0.1) is 17.2 Å². The molecule has 7 nitrogen and oxygen atoms in total. The Morgan fingerprint density at radius 2 is 2.19 bits per heavy atom. The molecule has 1 aromatic rings. The van der Waals surface area contributed by atoms with Crippen LogP contribution in [0.5, 0.6) is 0 Å². The molecule has 1 heterocycles. The number of nitriles is 1. The molecular weight excluding hydrogens is 320 g/mol. The van der Waals surface area contributed by atoms with E-state index in [0.717, 1.165) is 6.07 Å². The van der Waals surface area contributed by atoms with E-state index in [9.17, 15) is 13.2 Å². The molecule has 1 aromatic carbocycles. The van der Waals surface area contributed by atoms with Gasteiger partial charge in [0.25, 0.3) is 0 Å². The summed E-state index contributed by atoms with van der Waals surface area (Å²) >= 11 is 5.76. The largest absolute Gasteiger partial charge is 0.481 e. The summed E-state index contributed by atoms with van der Waals surface area (Å²) in [5.41, 5.74) is -0.0716. The van der Waals surface area contributed by atoms with Gasteiger partial charge in [-0.15, -0.1) is 0 Å². The summed E-state index contributed by atoms with van der Waals surface area (Å²) in [5, 5.41) is 18.1. The number of carboxylic acids is 1. The second-order valence-electron chi connectivity index (χ2n) is 4.46. The van der Waals surface area contributed by atoms with Crippen molar-refractivity contribution in [2.24, 2.45) is 5.92 Å². The molecule has 2 rings (SSSR count). The predicted octanol–water partition coefficient (Wildman–Crippen LogP) is 0.590. The van der Waals surface area contributed by atoms with Crippen LogP contribution in [0.4, 0.5) is 0 Å². The van der Waals surface area contributed by atoms with E-state index < -0.39 is 28.0 Å². The average Bonchev–Trinajstić information content (AvgIpc) is 2.86. The third-order valence-electron chi connectivity index (χ3n) is 3.06. The molecule has 0 spiro atoms. The monoisotopic (exact) mass is 330 g/mol. The lowest BCUT2D eigenvalue weighted by atomic mass is 10.1. The zero-order valence-electron chi connectivity index (χ0n) is 10.6. The standard InChI is InChI=1S/C12H11ClN2O5S/c13-8-2-1-7(4-14)11(3-8)21(18,19)15-10-6-20-5-9(10)12(16)17/h1-3,9-10,15H,5-6H2,(H,16,17). The van der Waals surface area contributed by atoms with E-state index in [2.05, 4.69) is 4.72 Å². The zero-order chi connectivity index (χ0) is 15.6. The smallest absolute Gasteiger partial charge is 0.310 e. The maximum Gasteiger partial charge on any atom is 0.310 e. The van der Waals surface area contributed by atoms with Gasteiger partial charge in [-0.2, -0.15) is 5.26 Å². The normalized spacial score (nSPS) is 21.9. The van der Waals surface area contributed by atoms with Crippen LogP contribution in [0.3, 0.4) is 0 Å². The Labute approximate surface area is 126 Å². The first-order chi connectivity index (χ1) is 9.85. The number of sulfonamides is 1. The molecule has 112 valence electrons. The van der Waals surface area contributed by atoms with Crippen LogP contribution in [-0.4, -0.2) is 38.7 Å². The molecular formula is C12H11ClN2O5S. The van der Waals surface area contributed by atoms with Gasteiger partial charge in [-0.3, -0.25) is 4.79 Å². The number of nitrogens with zero attached hydrogens (tertiary/aromatic N) is 1. The number of nitrogens with one attached hydrogen (secondary N) is 1. The van der Waals surface area contributed by atoms with Crippen molar-refractivity contribution >= 4 is 27.6 Å². The number of carbonyl (C=O) groups is 1. The molecule has 1 saturated heterocycles. The number of hydrogen-bond donors (Lipinski definition) is 2. The number of ether oxygens (including phenoxy) is 1. The minimum atomic E-state index is -4.08. The van der Waals surface area contributed by atoms with E-state index in [-0.39, 0.29) is 28.7 Å². The van der Waals surface area contributed by atoms with Crippen molar-refractivity contribution < 1.29 is 23.1 Å². The summed E-state index contributed by atoms with van der Waals surface area (Å²) in [6.07, 6.45) is 0. The van der Waals surface area contributed by atoms with Gasteiger partial charge in [0.1, 0.15) is 11.0 Å². The molecule has 2 N–H and O–H groups in total. The van der Waals surface area contributed by atoms with Gasteiger partial charge < -0.3 is 9.84 Å². The van der Waals surface area contributed by atoms with Crippen LogP contribution in [0.1, 0.15) is 5.56 Å². The van der Waals surface area contributed by atoms with Gasteiger partial charge in [-0.1, -0.05) is 11.6 Å². The molecule has 1 aliphatic rings. The topological polar surface area (TPSA) is 116 Å². The number of aliphatic carboxylic acids is 1. The molecule has 0 saturated carbocycles. The van der Waals surface area contributed by atoms with Crippen molar-refractivity contribution in [1.82, 2.24) is 4.72 Å². The Kier molecular flexibility index (Phi) is 4.49. The van der Waals surface area contributed by atoms with Gasteiger partial charge in [0, 0.05) is 5.02 Å². The predicted molar refractivity (Wildman–Crippen MR) is 72.2 cm³/mol. The van der Waals surface area contributed by atoms with Crippen molar-refractivity contribution in [2.45, 2.75) is 10.9 Å². The molecule has 1 fully saturated rings. The molecule has 1 aliphatic heterocycles. The van der Waals surface area contributed by atoms with Crippen molar-refractivity contribution in [3.63, 3.8) is 0 Å². The first-order valence-electron chi connectivity index (χ1n) is 5.87. The zero-order valence-corrected chi connectivity index (χ0v) is 12.2. The lowest BCUT2D eigenvalue weighted by molar-refractivity contribution is -0.142. The van der Waals surface area contributed by atoms with Gasteiger partial charge in [-0.25, -0.2) is 13.1 Å². The van der Waals surface area contributed by atoms with Crippen LogP contribution < -0.4 is 4.72 Å². The highest BCUT2D eigenvalue weighted by Gasteiger charge is 2.37. The van der Waals surface area contributed by atoms with Crippen LogP contribution >= 0.6 is 11.6 Å². The summed E-state index contributed by atoms with van der Waals surface area (Å²) in [6.45, 7) is -0.109. The minimum Gasteiger partial charge on any atom is -0.481 e. The third-order valence-corrected chi connectivity index (χ3v) is 4.82. The Morgan fingerprint density at radius 1 is 1.48 bits per heavy atom. The van der Waals surface area contributed by atoms with E-state index in [1.165, 1.54) is 12.1 Å². The fraction of sp³-hybridized carbons (Fsp3) is 0.333. The van der Waals surface area contributed by atoms with Crippen molar-refractivity contribution in [3.8, 4) is 6.07 Å². The molecule has 0 radical (unpaired) electrons. The molecule has 21 heavy (non-hydrogen) atoms. The molecule has 2 atom stereocenters. The first-order valence-corrected chi connectivity index (χ1v) is 7.74. The van der Waals surface area contributed by atoms with E-state index >= 15 is 0 Å². The number of halogens is 1. The van der Waals surface area contributed by atoms with Gasteiger partial charge in [-0.05, 0) is 18.2 Å². The number of carboxylic acid groups (broad SMARTS) is 1. The Bertz CT molecular complexity index is 713. The summed E-state index contributed by atoms with van der Waals surface area (Å²) in [4.78, 5) is 10.7. The van der Waals surface area contributed by atoms with Crippen LogP contribution in [0.2, 0.25) is 5.02 Å². The lowest BCUT2D eigenvalue weighted by Crippen LogP contribution is -2.42. The second-order valence-corrected chi connectivity index (χ2v) is 6.58. The Hall–Kier alpha value is -1.66. The number of hydrogen-bond acceptors (Lipinski definition) is 5. The highest BCUT2D eigenvalue weighted by molar-refractivity contribution is 7.89. The van der Waals surface area contributed by atoms with Crippen molar-refractivity contribution in [3.05, 3.63) is 28.8 Å². The van der Waals surface area contributed by atoms with E-state index in [4.69, 9.17) is 26.7 Å². The molecule has 2 unspecified atom stereocenters. The maximum atomic E-state index is 12.3. The fourth-order valence-corrected chi connectivity index (χ4v) is 3.67. The van der Waals surface area contributed by atoms with E-state index in [1.54, 1.807) is 6.07 Å². The quantitative estimate of drug-likeness (QED) is 0.834. The van der Waals surface area contributed by atoms with E-state index in [1.807, 2.05) is 0 Å². The van der Waals surface area contributed by atoms with Gasteiger partial charge in [0.05, 0.1) is 30.7 Å². The number of rotatable bonds is 4. The molecule has 0 amide bonds. The average molecular weight is 331 g/mol. The van der Waals surface area contributed by atoms with Crippen LogP contribution in [0.15, 0.2) is 23.1 Å². The molecule has 0 aliphatic carbocycles. The van der Waals surface area contributed by atoms with Crippen LogP contribution in [0.25, 0.3) is 0 Å². The number of benzene rings is 1. The Balaban J connectivity index is 2.33. The highest BCUT2D eigenvalue weighted by Crippen LogP contribution is 2.22. The second kappa shape index (κ2) is 5.99. The molecule has 0 aromatic heterocycles. The third kappa shape index (κ3) is 3.33. The fourth-order valence-electron chi connectivity index (χ4n) is 1.99. The van der Waals surface area contributed by atoms with E-state index in [0.29, 0.717) is 0 Å². The summed E-state index contributed by atoms with van der Waals surface area (Å²) in [5.74, 6) is -2.11. The summed E-state index contributed by atoms with van der Waals surface area (Å²) in [6, 6.07) is 4.71. The van der Waals surface area contributed by atoms with Crippen LogP contribution in [-0.2, 0) is 19.6 Å². The molecule has 9 heteroatoms. The van der Waals surface area contributed by atoms with Gasteiger partial charge in [0.2, 0.25) is 10.0 Å². The first kappa shape index (κ1) is 15.7. The Morgan fingerprint density at radius 3 is 2.81 bits per heavy atom. The minimum absolute atomic E-state index is 0.0430. The van der Waals surface area contributed by atoms with Crippen molar-refractivity contribution in [2.75, 3.05) is 13.2 Å². The molecule has 0 bridgehead atoms. The maximum absolute atomic E-state index is 12.3. The summed E-state index contributed by atoms with van der Waals surface area (Å²) in [7, 11) is -4.08. The SMILES string of the molecule is N#Cc1ccc(Cl)cc1S(=O)(=O)NC1COCC1C(=O)O. The van der Waals surface area contributed by atoms with Gasteiger partial charge >= 0.3 is 5.97 Å². The lowest BCUT2D eigenvalue weighted by Gasteiger charge is -2.16. The van der Waals surface area contributed by atoms with Crippen molar-refractivity contribution in [1.29, 1.82) is 5.26 Å². The van der Waals surface area contributed by atoms with Gasteiger partial charge in [0.15, 0.2) is 0 Å².